The fourth-order valence-electron chi connectivity index (χ4n) is 1.90. The molecule has 5 heteroatoms. The first kappa shape index (κ1) is 15.0. The molecule has 0 saturated carbocycles. The van der Waals surface area contributed by atoms with Crippen molar-refractivity contribution in [1.82, 2.24) is 0 Å². The van der Waals surface area contributed by atoms with Gasteiger partial charge in [-0.25, -0.2) is 9.78 Å². The van der Waals surface area contributed by atoms with Gasteiger partial charge in [-0.1, -0.05) is 0 Å². The second-order valence-corrected chi connectivity index (χ2v) is 4.29. The topological polar surface area (TPSA) is 54.0 Å². The zero-order valence-electron chi connectivity index (χ0n) is 10.9. The van der Waals surface area contributed by atoms with Crippen molar-refractivity contribution in [3.05, 3.63) is 0 Å². The molecule has 18 heavy (non-hydrogen) atoms. The third-order valence-electron chi connectivity index (χ3n) is 3.06. The zero-order chi connectivity index (χ0) is 13.4. The number of terminal acetylenes is 1. The van der Waals surface area contributed by atoms with E-state index in [0.717, 1.165) is 6.42 Å². The Hall–Kier alpha value is -1.09. The van der Waals surface area contributed by atoms with Crippen molar-refractivity contribution in [3.63, 3.8) is 0 Å². The van der Waals surface area contributed by atoms with Gasteiger partial charge in [0.1, 0.15) is 6.10 Å². The largest absolute Gasteiger partial charge is 0.469 e. The molecule has 0 aromatic rings. The maximum Gasteiger partial charge on any atom is 0.308 e. The molecule has 1 fully saturated rings. The fraction of sp³-hybridized carbons (Fsp3) is 0.769. The SMILES string of the molecule is C#CCCC[C@@]1(OC)CC[C@@H](CC(=O)OC)OO1. The summed E-state index contributed by atoms with van der Waals surface area (Å²) in [5.41, 5.74) is 0. The maximum atomic E-state index is 11.1. The number of ether oxygens (including phenoxy) is 2. The molecule has 0 aromatic carbocycles. The lowest BCUT2D eigenvalue weighted by Gasteiger charge is -2.37. The number of carbonyl (C=O) groups excluding carboxylic acids is 1. The summed E-state index contributed by atoms with van der Waals surface area (Å²) >= 11 is 0. The lowest BCUT2D eigenvalue weighted by atomic mass is 9.99. The van der Waals surface area contributed by atoms with E-state index in [1.165, 1.54) is 7.11 Å². The molecule has 1 heterocycles. The first-order valence-electron chi connectivity index (χ1n) is 6.05. The molecule has 2 atom stereocenters. The Morgan fingerprint density at radius 3 is 2.83 bits per heavy atom. The van der Waals surface area contributed by atoms with Crippen LogP contribution in [0.3, 0.4) is 0 Å². The van der Waals surface area contributed by atoms with E-state index in [0.29, 0.717) is 25.7 Å². The zero-order valence-corrected chi connectivity index (χ0v) is 10.9. The van der Waals surface area contributed by atoms with E-state index in [2.05, 4.69) is 10.7 Å². The molecule has 0 N–H and O–H groups in total. The summed E-state index contributed by atoms with van der Waals surface area (Å²) in [5, 5.41) is 0. The molecular formula is C13H20O5. The van der Waals surface area contributed by atoms with Gasteiger partial charge in [0.25, 0.3) is 0 Å². The lowest BCUT2D eigenvalue weighted by molar-refractivity contribution is -0.466. The van der Waals surface area contributed by atoms with Gasteiger partial charge < -0.3 is 9.47 Å². The third kappa shape index (κ3) is 4.30. The quantitative estimate of drug-likeness (QED) is 0.314. The Kier molecular flexibility index (Phi) is 6.13. The van der Waals surface area contributed by atoms with Gasteiger partial charge in [-0.15, -0.1) is 12.3 Å². The molecule has 102 valence electrons. The minimum absolute atomic E-state index is 0.195. The summed E-state index contributed by atoms with van der Waals surface area (Å²) in [6.07, 6.45) is 8.68. The Balaban J connectivity index is 2.39. The standard InChI is InChI=1S/C13H20O5/c1-4-5-6-8-13(16-3)9-7-11(17-18-13)10-12(14)15-2/h1,11H,5-10H2,2-3H3/t11-,13-/m0/s1. The summed E-state index contributed by atoms with van der Waals surface area (Å²) in [4.78, 5) is 21.6. The first-order valence-corrected chi connectivity index (χ1v) is 6.05. The van der Waals surface area contributed by atoms with Crippen LogP contribution in [-0.2, 0) is 24.0 Å². The van der Waals surface area contributed by atoms with E-state index in [4.69, 9.17) is 20.9 Å². The molecule has 0 spiro atoms. The molecule has 0 aromatic heterocycles. The first-order chi connectivity index (χ1) is 8.65. The predicted molar refractivity (Wildman–Crippen MR) is 64.2 cm³/mol. The number of hydrogen-bond acceptors (Lipinski definition) is 5. The molecule has 0 aliphatic carbocycles. The van der Waals surface area contributed by atoms with Crippen LogP contribution in [0.25, 0.3) is 0 Å². The number of hydrogen-bond donors (Lipinski definition) is 0. The Morgan fingerprint density at radius 1 is 1.56 bits per heavy atom. The van der Waals surface area contributed by atoms with Gasteiger partial charge in [-0.05, 0) is 12.8 Å². The predicted octanol–water partition coefficient (Wildman–Crippen LogP) is 1.81. The van der Waals surface area contributed by atoms with Crippen LogP contribution in [0.15, 0.2) is 0 Å². The van der Waals surface area contributed by atoms with Crippen molar-refractivity contribution in [2.45, 2.75) is 50.4 Å². The van der Waals surface area contributed by atoms with Crippen LogP contribution in [0, 0.1) is 12.3 Å². The molecule has 1 aliphatic heterocycles. The highest BCUT2D eigenvalue weighted by molar-refractivity contribution is 5.69. The van der Waals surface area contributed by atoms with Crippen LogP contribution in [0.4, 0.5) is 0 Å². The molecule has 5 nitrogen and oxygen atoms in total. The van der Waals surface area contributed by atoms with E-state index >= 15 is 0 Å². The summed E-state index contributed by atoms with van der Waals surface area (Å²) in [6, 6.07) is 0. The molecule has 0 bridgehead atoms. The molecule has 0 amide bonds. The van der Waals surface area contributed by atoms with Gasteiger partial charge in [-0.3, -0.25) is 4.79 Å². The highest BCUT2D eigenvalue weighted by atomic mass is 17.2. The van der Waals surface area contributed by atoms with E-state index in [1.807, 2.05) is 0 Å². The van der Waals surface area contributed by atoms with Crippen LogP contribution < -0.4 is 0 Å². The van der Waals surface area contributed by atoms with Crippen molar-refractivity contribution >= 4 is 5.97 Å². The molecular weight excluding hydrogens is 236 g/mol. The molecule has 1 aliphatic rings. The Labute approximate surface area is 108 Å². The van der Waals surface area contributed by atoms with E-state index < -0.39 is 5.79 Å². The highest BCUT2D eigenvalue weighted by Gasteiger charge is 2.38. The molecule has 1 saturated heterocycles. The molecule has 0 unspecified atom stereocenters. The maximum absolute atomic E-state index is 11.1. The fourth-order valence-corrected chi connectivity index (χ4v) is 1.90. The van der Waals surface area contributed by atoms with Gasteiger partial charge in [0.05, 0.1) is 13.5 Å². The van der Waals surface area contributed by atoms with Crippen LogP contribution >= 0.6 is 0 Å². The van der Waals surface area contributed by atoms with Crippen LogP contribution in [0.1, 0.15) is 38.5 Å². The van der Waals surface area contributed by atoms with Gasteiger partial charge in [0, 0.05) is 26.4 Å². The minimum Gasteiger partial charge on any atom is -0.469 e. The number of carbonyl (C=O) groups is 1. The van der Waals surface area contributed by atoms with Crippen LogP contribution in [0.2, 0.25) is 0 Å². The van der Waals surface area contributed by atoms with E-state index in [1.54, 1.807) is 7.11 Å². The number of rotatable bonds is 6. The second kappa shape index (κ2) is 7.37. The van der Waals surface area contributed by atoms with Crippen molar-refractivity contribution in [2.75, 3.05) is 14.2 Å². The summed E-state index contributed by atoms with van der Waals surface area (Å²) in [5.74, 6) is 1.54. The normalized spacial score (nSPS) is 27.5. The summed E-state index contributed by atoms with van der Waals surface area (Å²) in [6.45, 7) is 0. The van der Waals surface area contributed by atoms with Gasteiger partial charge in [0.15, 0.2) is 0 Å². The number of methoxy groups -OCH3 is 2. The third-order valence-corrected chi connectivity index (χ3v) is 3.06. The monoisotopic (exact) mass is 256 g/mol. The Bertz CT molecular complexity index is 299. The summed E-state index contributed by atoms with van der Waals surface area (Å²) < 4.78 is 9.96. The highest BCUT2D eigenvalue weighted by Crippen LogP contribution is 2.33. The van der Waals surface area contributed by atoms with Crippen molar-refractivity contribution in [1.29, 1.82) is 0 Å². The Morgan fingerprint density at radius 2 is 2.33 bits per heavy atom. The van der Waals surface area contributed by atoms with Gasteiger partial charge in [-0.2, -0.15) is 0 Å². The average Bonchev–Trinajstić information content (AvgIpc) is 2.41. The van der Waals surface area contributed by atoms with Gasteiger partial charge in [0.2, 0.25) is 5.79 Å². The summed E-state index contributed by atoms with van der Waals surface area (Å²) in [7, 11) is 2.94. The van der Waals surface area contributed by atoms with Crippen molar-refractivity contribution in [2.24, 2.45) is 0 Å². The number of unbranched alkanes of at least 4 members (excludes halogenated alkanes) is 1. The van der Waals surface area contributed by atoms with E-state index in [9.17, 15) is 4.79 Å². The lowest BCUT2D eigenvalue weighted by Crippen LogP contribution is -2.42. The smallest absolute Gasteiger partial charge is 0.308 e. The average molecular weight is 256 g/mol. The van der Waals surface area contributed by atoms with Crippen molar-refractivity contribution < 1.29 is 24.0 Å². The molecule has 0 radical (unpaired) electrons. The second-order valence-electron chi connectivity index (χ2n) is 4.29. The van der Waals surface area contributed by atoms with Crippen LogP contribution in [0.5, 0.6) is 0 Å². The van der Waals surface area contributed by atoms with Gasteiger partial charge >= 0.3 is 5.97 Å². The molecule has 1 rings (SSSR count). The number of esters is 1. The minimum atomic E-state index is -0.733. The van der Waals surface area contributed by atoms with Crippen LogP contribution in [-0.4, -0.2) is 32.1 Å². The van der Waals surface area contributed by atoms with Crippen molar-refractivity contribution in [3.8, 4) is 12.3 Å². The van der Waals surface area contributed by atoms with E-state index in [-0.39, 0.29) is 18.5 Å².